The average Bonchev–Trinajstić information content (AvgIpc) is 3.39. The molecule has 0 fully saturated rings. The zero-order chi connectivity index (χ0) is 22.7. The van der Waals surface area contributed by atoms with Crippen LogP contribution < -0.4 is 15.4 Å². The molecule has 0 unspecified atom stereocenters. The molecule has 3 aromatic rings. The summed E-state index contributed by atoms with van der Waals surface area (Å²) in [6.07, 6.45) is 1.82. The Balaban J connectivity index is 1.58. The summed E-state index contributed by atoms with van der Waals surface area (Å²) in [6.45, 7) is 0.432. The van der Waals surface area contributed by atoms with Gasteiger partial charge in [-0.3, -0.25) is 14.9 Å². The minimum absolute atomic E-state index is 0.0875. The second-order valence-electron chi connectivity index (χ2n) is 7.06. The second kappa shape index (κ2) is 8.84. The molecule has 0 spiro atoms. The Morgan fingerprint density at radius 2 is 2.06 bits per heavy atom. The number of urea groups is 1. The lowest BCUT2D eigenvalue weighted by Crippen LogP contribution is -2.42. The Morgan fingerprint density at radius 3 is 2.78 bits per heavy atom. The summed E-state index contributed by atoms with van der Waals surface area (Å²) in [7, 11) is 1.52. The number of halogens is 1. The number of hydrogen-bond donors (Lipinski definition) is 2. The smallest absolute Gasteiger partial charge is 0.321 e. The fraction of sp³-hybridized carbons (Fsp3) is 0.190. The monoisotopic (exact) mass is 438 g/mol. The van der Waals surface area contributed by atoms with Gasteiger partial charge in [0.05, 0.1) is 25.0 Å². The minimum atomic E-state index is -0.760. The Labute approximate surface area is 182 Å². The van der Waals surface area contributed by atoms with Crippen LogP contribution in [0.4, 0.5) is 9.18 Å². The second-order valence-corrected chi connectivity index (χ2v) is 7.06. The van der Waals surface area contributed by atoms with Crippen LogP contribution in [-0.4, -0.2) is 51.9 Å². The third-order valence-corrected chi connectivity index (χ3v) is 5.05. The van der Waals surface area contributed by atoms with E-state index >= 15 is 0 Å². The standard InChI is InChI=1S/C21H19FN6O4/c1-32-16-7-2-13-9-27(20(30)17(13)8-16)10-18(24-21(31)23-12-29)19-11-28(26-25-19)15-5-3-14(22)4-6-15/h2-8,11-12,18H,9-10H2,1H3,(H2,23,24,29,31)/t18-/m0/s1. The van der Waals surface area contributed by atoms with Crippen LogP contribution in [0.3, 0.4) is 0 Å². The van der Waals surface area contributed by atoms with Crippen molar-refractivity contribution in [3.05, 3.63) is 71.3 Å². The van der Waals surface area contributed by atoms with Crippen LogP contribution in [0.1, 0.15) is 27.7 Å². The van der Waals surface area contributed by atoms with Crippen LogP contribution >= 0.6 is 0 Å². The number of amides is 4. The van der Waals surface area contributed by atoms with E-state index in [0.29, 0.717) is 29.2 Å². The van der Waals surface area contributed by atoms with Gasteiger partial charge in [-0.1, -0.05) is 11.3 Å². The van der Waals surface area contributed by atoms with E-state index in [0.717, 1.165) is 5.56 Å². The van der Waals surface area contributed by atoms with E-state index in [4.69, 9.17) is 4.74 Å². The quantitative estimate of drug-likeness (QED) is 0.541. The van der Waals surface area contributed by atoms with E-state index in [-0.39, 0.29) is 24.7 Å². The first-order valence-corrected chi connectivity index (χ1v) is 9.63. The Hall–Kier alpha value is -4.28. The van der Waals surface area contributed by atoms with Gasteiger partial charge in [0.25, 0.3) is 5.91 Å². The summed E-state index contributed by atoms with van der Waals surface area (Å²) in [5.74, 6) is -0.0310. The summed E-state index contributed by atoms with van der Waals surface area (Å²) < 4.78 is 19.8. The lowest BCUT2D eigenvalue weighted by Gasteiger charge is -2.23. The zero-order valence-electron chi connectivity index (χ0n) is 17.0. The molecule has 0 saturated heterocycles. The Morgan fingerprint density at radius 1 is 1.28 bits per heavy atom. The molecule has 164 valence electrons. The van der Waals surface area contributed by atoms with Crippen molar-refractivity contribution in [1.29, 1.82) is 0 Å². The van der Waals surface area contributed by atoms with Gasteiger partial charge in [-0.2, -0.15) is 0 Å². The highest BCUT2D eigenvalue weighted by atomic mass is 19.1. The fourth-order valence-corrected chi connectivity index (χ4v) is 3.46. The minimum Gasteiger partial charge on any atom is -0.497 e. The molecule has 2 N–H and O–H groups in total. The van der Waals surface area contributed by atoms with Crippen LogP contribution in [0.5, 0.6) is 5.75 Å². The molecular weight excluding hydrogens is 419 g/mol. The SMILES string of the molecule is COc1ccc2c(c1)C(=O)N(C[C@H](NC(=O)NC=O)c1cn(-c3ccc(F)cc3)nn1)C2. The maximum Gasteiger partial charge on any atom is 0.321 e. The molecule has 4 amide bonds. The maximum atomic E-state index is 13.2. The van der Waals surface area contributed by atoms with Gasteiger partial charge in [-0.25, -0.2) is 13.9 Å². The van der Waals surface area contributed by atoms with Gasteiger partial charge >= 0.3 is 6.03 Å². The maximum absolute atomic E-state index is 13.2. The van der Waals surface area contributed by atoms with Gasteiger partial charge in [-0.15, -0.1) is 5.10 Å². The van der Waals surface area contributed by atoms with Crippen molar-refractivity contribution in [2.24, 2.45) is 0 Å². The topological polar surface area (TPSA) is 118 Å². The molecule has 1 aliphatic rings. The van der Waals surface area contributed by atoms with Gasteiger partial charge in [0, 0.05) is 18.7 Å². The molecule has 0 saturated carbocycles. The average molecular weight is 438 g/mol. The number of nitrogens with one attached hydrogen (secondary N) is 2. The number of hydrogen-bond acceptors (Lipinski definition) is 6. The Kier molecular flexibility index (Phi) is 5.79. The molecule has 0 radical (unpaired) electrons. The van der Waals surface area contributed by atoms with Gasteiger partial charge in [-0.05, 0) is 42.0 Å². The zero-order valence-corrected chi connectivity index (χ0v) is 17.0. The summed E-state index contributed by atoms with van der Waals surface area (Å²) in [5.41, 5.74) is 2.28. The highest BCUT2D eigenvalue weighted by Crippen LogP contribution is 2.28. The molecule has 4 rings (SSSR count). The third kappa shape index (κ3) is 4.26. The van der Waals surface area contributed by atoms with Crippen LogP contribution in [0, 0.1) is 5.82 Å². The van der Waals surface area contributed by atoms with Gasteiger partial charge in [0.15, 0.2) is 0 Å². The highest BCUT2D eigenvalue weighted by Gasteiger charge is 2.31. The molecule has 32 heavy (non-hydrogen) atoms. The van der Waals surface area contributed by atoms with Crippen LogP contribution in [-0.2, 0) is 11.3 Å². The number of carbonyl (C=O) groups excluding carboxylic acids is 3. The first kappa shape index (κ1) is 21.0. The predicted molar refractivity (Wildman–Crippen MR) is 110 cm³/mol. The van der Waals surface area contributed by atoms with Crippen molar-refractivity contribution in [1.82, 2.24) is 30.5 Å². The number of rotatable bonds is 7. The third-order valence-electron chi connectivity index (χ3n) is 5.05. The molecule has 10 nitrogen and oxygen atoms in total. The van der Waals surface area contributed by atoms with Crippen molar-refractivity contribution in [2.45, 2.75) is 12.6 Å². The number of fused-ring (bicyclic) bond motifs is 1. The van der Waals surface area contributed by atoms with Crippen molar-refractivity contribution in [3.8, 4) is 11.4 Å². The van der Waals surface area contributed by atoms with Crippen molar-refractivity contribution in [2.75, 3.05) is 13.7 Å². The molecule has 2 aromatic carbocycles. The number of carbonyl (C=O) groups is 3. The van der Waals surface area contributed by atoms with E-state index < -0.39 is 12.1 Å². The summed E-state index contributed by atoms with van der Waals surface area (Å²) in [4.78, 5) is 37.1. The first-order valence-electron chi connectivity index (χ1n) is 9.63. The van der Waals surface area contributed by atoms with Crippen molar-refractivity contribution in [3.63, 3.8) is 0 Å². The summed E-state index contributed by atoms with van der Waals surface area (Å²) >= 11 is 0. The summed E-state index contributed by atoms with van der Waals surface area (Å²) in [6, 6.07) is 9.40. The molecule has 1 atom stereocenters. The lowest BCUT2D eigenvalue weighted by atomic mass is 10.1. The van der Waals surface area contributed by atoms with E-state index in [1.807, 2.05) is 11.4 Å². The summed E-state index contributed by atoms with van der Waals surface area (Å²) in [5, 5.41) is 12.8. The highest BCUT2D eigenvalue weighted by molar-refractivity contribution is 5.98. The van der Waals surface area contributed by atoms with Gasteiger partial charge in [0.1, 0.15) is 17.3 Å². The molecule has 2 heterocycles. The number of benzene rings is 2. The number of ether oxygens (including phenoxy) is 1. The Bertz CT molecular complexity index is 1160. The van der Waals surface area contributed by atoms with E-state index in [1.54, 1.807) is 23.2 Å². The van der Waals surface area contributed by atoms with Crippen LogP contribution in [0.15, 0.2) is 48.7 Å². The number of nitrogens with zero attached hydrogens (tertiary/aromatic N) is 4. The number of imide groups is 1. The normalized spacial score (nSPS) is 13.4. The molecule has 0 bridgehead atoms. The van der Waals surface area contributed by atoms with Crippen molar-refractivity contribution < 1.29 is 23.5 Å². The molecule has 0 aliphatic carbocycles. The predicted octanol–water partition coefficient (Wildman–Crippen LogP) is 1.57. The lowest BCUT2D eigenvalue weighted by molar-refractivity contribution is -0.108. The number of methoxy groups -OCH3 is 1. The molecule has 1 aliphatic heterocycles. The van der Waals surface area contributed by atoms with Crippen LogP contribution in [0.25, 0.3) is 5.69 Å². The molecular formula is C21H19FN6O4. The first-order chi connectivity index (χ1) is 15.5. The van der Waals surface area contributed by atoms with Gasteiger partial charge < -0.3 is 15.0 Å². The largest absolute Gasteiger partial charge is 0.497 e. The van der Waals surface area contributed by atoms with E-state index in [9.17, 15) is 18.8 Å². The molecule has 1 aromatic heterocycles. The van der Waals surface area contributed by atoms with Gasteiger partial charge in [0.2, 0.25) is 6.41 Å². The van der Waals surface area contributed by atoms with E-state index in [1.165, 1.54) is 36.1 Å². The fourth-order valence-electron chi connectivity index (χ4n) is 3.46. The van der Waals surface area contributed by atoms with Crippen molar-refractivity contribution >= 4 is 18.3 Å². The van der Waals surface area contributed by atoms with E-state index in [2.05, 4.69) is 15.6 Å². The van der Waals surface area contributed by atoms with Crippen LogP contribution in [0.2, 0.25) is 0 Å². The number of aromatic nitrogens is 3. The molecule has 11 heteroatoms.